The van der Waals surface area contributed by atoms with Gasteiger partial charge in [-0.05, 0) is 25.9 Å². The van der Waals surface area contributed by atoms with Crippen LogP contribution in [0.3, 0.4) is 0 Å². The maximum atomic E-state index is 11.6. The van der Waals surface area contributed by atoms with E-state index in [1.54, 1.807) is 0 Å². The number of likely N-dealkylation sites (tertiary alicyclic amines) is 1. The van der Waals surface area contributed by atoms with Crippen molar-refractivity contribution in [1.29, 1.82) is 0 Å². The SMILES string of the molecule is CC(C)C(=O)N(C)CCN1CCCC1. The Balaban J connectivity index is 2.19. The maximum absolute atomic E-state index is 11.6. The van der Waals surface area contributed by atoms with E-state index in [1.165, 1.54) is 25.9 Å². The van der Waals surface area contributed by atoms with Gasteiger partial charge in [-0.25, -0.2) is 0 Å². The van der Waals surface area contributed by atoms with Gasteiger partial charge in [0.2, 0.25) is 5.91 Å². The first-order chi connectivity index (χ1) is 6.61. The average molecular weight is 198 g/mol. The zero-order valence-electron chi connectivity index (χ0n) is 9.62. The predicted octanol–water partition coefficient (Wildman–Crippen LogP) is 1.20. The number of likely N-dealkylation sites (N-methyl/N-ethyl adjacent to an activating group) is 1. The molecular formula is C11H22N2O. The topological polar surface area (TPSA) is 23.6 Å². The fourth-order valence-electron chi connectivity index (χ4n) is 1.85. The molecule has 0 saturated carbocycles. The molecule has 0 aliphatic carbocycles. The van der Waals surface area contributed by atoms with Crippen molar-refractivity contribution in [1.82, 2.24) is 9.80 Å². The lowest BCUT2D eigenvalue weighted by Crippen LogP contribution is -2.37. The highest BCUT2D eigenvalue weighted by Crippen LogP contribution is 2.07. The van der Waals surface area contributed by atoms with Crippen molar-refractivity contribution >= 4 is 5.91 Å². The van der Waals surface area contributed by atoms with Crippen molar-refractivity contribution in [2.75, 3.05) is 33.2 Å². The van der Waals surface area contributed by atoms with Crippen molar-refractivity contribution in [2.45, 2.75) is 26.7 Å². The van der Waals surface area contributed by atoms with E-state index in [1.807, 2.05) is 25.8 Å². The van der Waals surface area contributed by atoms with Crippen molar-refractivity contribution in [3.8, 4) is 0 Å². The monoisotopic (exact) mass is 198 g/mol. The Morgan fingerprint density at radius 1 is 1.36 bits per heavy atom. The summed E-state index contributed by atoms with van der Waals surface area (Å²) in [6.45, 7) is 8.24. The minimum atomic E-state index is 0.124. The van der Waals surface area contributed by atoms with Gasteiger partial charge >= 0.3 is 0 Å². The van der Waals surface area contributed by atoms with Gasteiger partial charge in [-0.2, -0.15) is 0 Å². The lowest BCUT2D eigenvalue weighted by molar-refractivity contribution is -0.133. The van der Waals surface area contributed by atoms with E-state index >= 15 is 0 Å². The minimum absolute atomic E-state index is 0.124. The summed E-state index contributed by atoms with van der Waals surface area (Å²) in [6.07, 6.45) is 2.64. The molecule has 0 aromatic heterocycles. The fourth-order valence-corrected chi connectivity index (χ4v) is 1.85. The first-order valence-corrected chi connectivity index (χ1v) is 5.58. The second-order valence-corrected chi connectivity index (χ2v) is 4.46. The lowest BCUT2D eigenvalue weighted by Gasteiger charge is -2.22. The Bertz CT molecular complexity index is 186. The van der Waals surface area contributed by atoms with Crippen molar-refractivity contribution in [2.24, 2.45) is 5.92 Å². The summed E-state index contributed by atoms with van der Waals surface area (Å²) in [5.41, 5.74) is 0. The van der Waals surface area contributed by atoms with Crippen molar-refractivity contribution in [3.05, 3.63) is 0 Å². The van der Waals surface area contributed by atoms with Gasteiger partial charge in [0.05, 0.1) is 0 Å². The maximum Gasteiger partial charge on any atom is 0.224 e. The number of hydrogen-bond donors (Lipinski definition) is 0. The minimum Gasteiger partial charge on any atom is -0.344 e. The van der Waals surface area contributed by atoms with E-state index in [9.17, 15) is 4.79 Å². The van der Waals surface area contributed by atoms with Crippen LogP contribution in [0.2, 0.25) is 0 Å². The van der Waals surface area contributed by atoms with Crippen LogP contribution in [0.15, 0.2) is 0 Å². The van der Waals surface area contributed by atoms with Crippen LogP contribution >= 0.6 is 0 Å². The first kappa shape index (κ1) is 11.5. The Morgan fingerprint density at radius 2 is 1.93 bits per heavy atom. The van der Waals surface area contributed by atoms with Crippen LogP contribution in [0.5, 0.6) is 0 Å². The van der Waals surface area contributed by atoms with Gasteiger partial charge in [0, 0.05) is 26.1 Å². The molecule has 1 rings (SSSR count). The van der Waals surface area contributed by atoms with Gasteiger partial charge in [-0.15, -0.1) is 0 Å². The zero-order valence-corrected chi connectivity index (χ0v) is 9.62. The molecule has 82 valence electrons. The van der Waals surface area contributed by atoms with Gasteiger partial charge in [-0.1, -0.05) is 13.8 Å². The second-order valence-electron chi connectivity index (χ2n) is 4.46. The number of hydrogen-bond acceptors (Lipinski definition) is 2. The number of carbonyl (C=O) groups is 1. The van der Waals surface area contributed by atoms with Gasteiger partial charge in [0.1, 0.15) is 0 Å². The molecule has 1 amide bonds. The molecule has 1 fully saturated rings. The summed E-state index contributed by atoms with van der Waals surface area (Å²) in [7, 11) is 1.90. The Kier molecular flexibility index (Phi) is 4.39. The summed E-state index contributed by atoms with van der Waals surface area (Å²) in [5, 5.41) is 0. The van der Waals surface area contributed by atoms with Crippen LogP contribution in [0, 0.1) is 5.92 Å². The summed E-state index contributed by atoms with van der Waals surface area (Å²) in [4.78, 5) is 15.8. The molecule has 0 radical (unpaired) electrons. The first-order valence-electron chi connectivity index (χ1n) is 5.58. The Hall–Kier alpha value is -0.570. The van der Waals surface area contributed by atoms with Crippen LogP contribution in [0.4, 0.5) is 0 Å². The molecular weight excluding hydrogens is 176 g/mol. The zero-order chi connectivity index (χ0) is 10.6. The molecule has 0 aromatic rings. The number of carbonyl (C=O) groups excluding carboxylic acids is 1. The Labute approximate surface area is 87.1 Å². The third-order valence-electron chi connectivity index (χ3n) is 2.82. The standard InChI is InChI=1S/C11H22N2O/c1-10(2)11(14)12(3)8-9-13-6-4-5-7-13/h10H,4-9H2,1-3H3. The smallest absolute Gasteiger partial charge is 0.224 e. The average Bonchev–Trinajstić information content (AvgIpc) is 2.65. The molecule has 3 nitrogen and oxygen atoms in total. The van der Waals surface area contributed by atoms with Crippen molar-refractivity contribution in [3.63, 3.8) is 0 Å². The molecule has 0 bridgehead atoms. The molecule has 0 spiro atoms. The molecule has 0 unspecified atom stereocenters. The molecule has 0 N–H and O–H groups in total. The quantitative estimate of drug-likeness (QED) is 0.677. The lowest BCUT2D eigenvalue weighted by atomic mass is 10.2. The predicted molar refractivity (Wildman–Crippen MR) is 58.1 cm³/mol. The molecule has 1 heterocycles. The summed E-state index contributed by atoms with van der Waals surface area (Å²) >= 11 is 0. The van der Waals surface area contributed by atoms with E-state index in [2.05, 4.69) is 4.90 Å². The van der Waals surface area contributed by atoms with Crippen LogP contribution in [-0.4, -0.2) is 48.9 Å². The van der Waals surface area contributed by atoms with E-state index < -0.39 is 0 Å². The van der Waals surface area contributed by atoms with E-state index in [0.29, 0.717) is 0 Å². The van der Waals surface area contributed by atoms with Gasteiger partial charge < -0.3 is 9.80 Å². The molecule has 0 atom stereocenters. The summed E-state index contributed by atoms with van der Waals surface area (Å²) < 4.78 is 0. The summed E-state index contributed by atoms with van der Waals surface area (Å²) in [5.74, 6) is 0.378. The number of rotatable bonds is 4. The highest BCUT2D eigenvalue weighted by Gasteiger charge is 2.15. The molecule has 0 aromatic carbocycles. The van der Waals surface area contributed by atoms with Gasteiger partial charge in [-0.3, -0.25) is 4.79 Å². The van der Waals surface area contributed by atoms with E-state index in [4.69, 9.17) is 0 Å². The van der Waals surface area contributed by atoms with E-state index in [0.717, 1.165) is 13.1 Å². The largest absolute Gasteiger partial charge is 0.344 e. The van der Waals surface area contributed by atoms with Crippen molar-refractivity contribution < 1.29 is 4.79 Å². The molecule has 3 heteroatoms. The Morgan fingerprint density at radius 3 is 2.43 bits per heavy atom. The third kappa shape index (κ3) is 3.29. The van der Waals surface area contributed by atoms with E-state index in [-0.39, 0.29) is 11.8 Å². The molecule has 1 aliphatic heterocycles. The van der Waals surface area contributed by atoms with Crippen LogP contribution in [0.1, 0.15) is 26.7 Å². The van der Waals surface area contributed by atoms with Crippen LogP contribution < -0.4 is 0 Å². The highest BCUT2D eigenvalue weighted by atomic mass is 16.2. The summed E-state index contributed by atoms with van der Waals surface area (Å²) in [6, 6.07) is 0. The normalized spacial score (nSPS) is 17.7. The van der Waals surface area contributed by atoms with Gasteiger partial charge in [0.15, 0.2) is 0 Å². The number of amides is 1. The second kappa shape index (κ2) is 5.35. The molecule has 1 saturated heterocycles. The molecule has 1 aliphatic rings. The van der Waals surface area contributed by atoms with Crippen LogP contribution in [-0.2, 0) is 4.79 Å². The third-order valence-corrected chi connectivity index (χ3v) is 2.82. The molecule has 14 heavy (non-hydrogen) atoms. The fraction of sp³-hybridized carbons (Fsp3) is 0.909. The van der Waals surface area contributed by atoms with Gasteiger partial charge in [0.25, 0.3) is 0 Å². The number of nitrogens with zero attached hydrogens (tertiary/aromatic N) is 2. The highest BCUT2D eigenvalue weighted by molar-refractivity contribution is 5.77. The van der Waals surface area contributed by atoms with Crippen LogP contribution in [0.25, 0.3) is 0 Å².